The molecule has 2 heteroatoms. The summed E-state index contributed by atoms with van der Waals surface area (Å²) in [5.74, 6) is 1.27. The first-order valence-corrected chi connectivity index (χ1v) is 7.81. The van der Waals surface area contributed by atoms with Gasteiger partial charge in [-0.25, -0.2) is 0 Å². The van der Waals surface area contributed by atoms with Gasteiger partial charge in [0.2, 0.25) is 0 Å². The van der Waals surface area contributed by atoms with Crippen molar-refractivity contribution in [3.8, 4) is 0 Å². The lowest BCUT2D eigenvalue weighted by molar-refractivity contribution is 0.0740. The van der Waals surface area contributed by atoms with Crippen LogP contribution in [0.2, 0.25) is 0 Å². The molecular formula is C18H23NO. The Bertz CT molecular complexity index is 567. The molecule has 1 aromatic carbocycles. The van der Waals surface area contributed by atoms with E-state index in [0.717, 1.165) is 35.2 Å². The van der Waals surface area contributed by atoms with Crippen LogP contribution in [-0.4, -0.2) is 10.1 Å². The normalized spacial score (nSPS) is 24.7. The predicted molar refractivity (Wildman–Crippen MR) is 82.4 cm³/mol. The van der Waals surface area contributed by atoms with Gasteiger partial charge >= 0.3 is 0 Å². The molecule has 1 aromatic heterocycles. The highest BCUT2D eigenvalue weighted by molar-refractivity contribution is 5.82. The SMILES string of the molecule is CCC1CCC(C(O)c2ccnc3ccccc23)CC1. The van der Waals surface area contributed by atoms with Crippen LogP contribution < -0.4 is 0 Å². The molecule has 0 radical (unpaired) electrons. The summed E-state index contributed by atoms with van der Waals surface area (Å²) in [5, 5.41) is 11.9. The second-order valence-corrected chi connectivity index (χ2v) is 6.05. The maximum Gasteiger partial charge on any atom is 0.0825 e. The zero-order chi connectivity index (χ0) is 13.9. The Morgan fingerprint density at radius 1 is 1.15 bits per heavy atom. The molecule has 3 rings (SSSR count). The number of hydrogen-bond acceptors (Lipinski definition) is 2. The number of para-hydroxylation sites is 1. The highest BCUT2D eigenvalue weighted by Gasteiger charge is 2.27. The largest absolute Gasteiger partial charge is 0.388 e. The summed E-state index contributed by atoms with van der Waals surface area (Å²) in [6.07, 6.45) is 7.58. The van der Waals surface area contributed by atoms with Gasteiger partial charge < -0.3 is 5.11 Å². The van der Waals surface area contributed by atoms with Gasteiger partial charge in [-0.3, -0.25) is 4.98 Å². The summed E-state index contributed by atoms with van der Waals surface area (Å²) >= 11 is 0. The van der Waals surface area contributed by atoms with Gasteiger partial charge in [0, 0.05) is 11.6 Å². The minimum Gasteiger partial charge on any atom is -0.388 e. The third-order valence-electron chi connectivity index (χ3n) is 4.92. The molecule has 2 nitrogen and oxygen atoms in total. The van der Waals surface area contributed by atoms with Gasteiger partial charge in [0.05, 0.1) is 11.6 Å². The Kier molecular flexibility index (Phi) is 4.02. The van der Waals surface area contributed by atoms with Crippen molar-refractivity contribution in [1.29, 1.82) is 0 Å². The van der Waals surface area contributed by atoms with Crippen LogP contribution in [0.5, 0.6) is 0 Å². The summed E-state index contributed by atoms with van der Waals surface area (Å²) in [6.45, 7) is 2.28. The van der Waals surface area contributed by atoms with Gasteiger partial charge in [-0.05, 0) is 42.4 Å². The van der Waals surface area contributed by atoms with Crippen LogP contribution in [0.15, 0.2) is 36.5 Å². The molecule has 1 saturated carbocycles. The predicted octanol–water partition coefficient (Wildman–Crippen LogP) is 4.48. The van der Waals surface area contributed by atoms with Crippen molar-refractivity contribution in [3.63, 3.8) is 0 Å². The third kappa shape index (κ3) is 2.57. The van der Waals surface area contributed by atoms with Crippen molar-refractivity contribution in [2.24, 2.45) is 11.8 Å². The van der Waals surface area contributed by atoms with E-state index in [1.807, 2.05) is 30.5 Å². The van der Waals surface area contributed by atoms with Gasteiger partial charge in [-0.2, -0.15) is 0 Å². The third-order valence-corrected chi connectivity index (χ3v) is 4.92. The number of aliphatic hydroxyl groups excluding tert-OH is 1. The summed E-state index contributed by atoms with van der Waals surface area (Å²) < 4.78 is 0. The summed E-state index contributed by atoms with van der Waals surface area (Å²) in [7, 11) is 0. The second kappa shape index (κ2) is 5.92. The Hall–Kier alpha value is -1.41. The van der Waals surface area contributed by atoms with Gasteiger partial charge in [0.25, 0.3) is 0 Å². The zero-order valence-corrected chi connectivity index (χ0v) is 12.1. The number of fused-ring (bicyclic) bond motifs is 1. The Balaban J connectivity index is 1.84. The molecule has 1 N–H and O–H groups in total. The number of aromatic nitrogens is 1. The van der Waals surface area contributed by atoms with Crippen LogP contribution >= 0.6 is 0 Å². The molecule has 0 spiro atoms. The molecule has 0 bridgehead atoms. The maximum absolute atomic E-state index is 10.8. The molecule has 1 heterocycles. The second-order valence-electron chi connectivity index (χ2n) is 6.05. The quantitative estimate of drug-likeness (QED) is 0.891. The highest BCUT2D eigenvalue weighted by Crippen LogP contribution is 2.39. The lowest BCUT2D eigenvalue weighted by atomic mass is 9.77. The molecule has 1 unspecified atom stereocenters. The van der Waals surface area contributed by atoms with Crippen LogP contribution in [0.4, 0.5) is 0 Å². The van der Waals surface area contributed by atoms with Crippen molar-refractivity contribution in [2.45, 2.75) is 45.1 Å². The van der Waals surface area contributed by atoms with Crippen LogP contribution in [0.25, 0.3) is 10.9 Å². The molecule has 0 saturated heterocycles. The fourth-order valence-electron chi connectivity index (χ4n) is 3.54. The fourth-order valence-corrected chi connectivity index (χ4v) is 3.54. The molecule has 1 atom stereocenters. The lowest BCUT2D eigenvalue weighted by Crippen LogP contribution is -2.20. The van der Waals surface area contributed by atoms with Crippen LogP contribution in [-0.2, 0) is 0 Å². The van der Waals surface area contributed by atoms with Crippen LogP contribution in [0.3, 0.4) is 0 Å². The first kappa shape index (κ1) is 13.6. The highest BCUT2D eigenvalue weighted by atomic mass is 16.3. The Labute approximate surface area is 120 Å². The minimum atomic E-state index is -0.347. The van der Waals surface area contributed by atoms with Crippen molar-refractivity contribution >= 4 is 10.9 Å². The Morgan fingerprint density at radius 2 is 1.90 bits per heavy atom. The average molecular weight is 269 g/mol. The molecule has 1 aliphatic rings. The molecule has 106 valence electrons. The molecule has 1 aliphatic carbocycles. The molecule has 20 heavy (non-hydrogen) atoms. The number of pyridine rings is 1. The Morgan fingerprint density at radius 3 is 2.65 bits per heavy atom. The van der Waals surface area contributed by atoms with E-state index in [0.29, 0.717) is 5.92 Å². The van der Waals surface area contributed by atoms with Crippen LogP contribution in [0, 0.1) is 11.8 Å². The van der Waals surface area contributed by atoms with Crippen molar-refractivity contribution in [3.05, 3.63) is 42.1 Å². The van der Waals surface area contributed by atoms with Crippen molar-refractivity contribution in [1.82, 2.24) is 4.98 Å². The molecule has 1 fully saturated rings. The molecular weight excluding hydrogens is 246 g/mol. The molecule has 2 aromatic rings. The van der Waals surface area contributed by atoms with Gasteiger partial charge in [0.1, 0.15) is 0 Å². The summed E-state index contributed by atoms with van der Waals surface area (Å²) in [6, 6.07) is 10.1. The van der Waals surface area contributed by atoms with Gasteiger partial charge in [-0.15, -0.1) is 0 Å². The molecule has 0 amide bonds. The smallest absolute Gasteiger partial charge is 0.0825 e. The van der Waals surface area contributed by atoms with Crippen molar-refractivity contribution < 1.29 is 5.11 Å². The fraction of sp³-hybridized carbons (Fsp3) is 0.500. The first-order chi connectivity index (χ1) is 9.79. The summed E-state index contributed by atoms with van der Waals surface area (Å²) in [4.78, 5) is 4.38. The van der Waals surface area contributed by atoms with E-state index in [1.165, 1.54) is 19.3 Å². The van der Waals surface area contributed by atoms with E-state index < -0.39 is 0 Å². The van der Waals surface area contributed by atoms with E-state index in [1.54, 1.807) is 0 Å². The van der Waals surface area contributed by atoms with E-state index in [2.05, 4.69) is 18.0 Å². The molecule has 0 aliphatic heterocycles. The zero-order valence-electron chi connectivity index (χ0n) is 12.1. The number of nitrogens with zero attached hydrogens (tertiary/aromatic N) is 1. The number of aliphatic hydroxyl groups is 1. The van der Waals surface area contributed by atoms with E-state index in [4.69, 9.17) is 0 Å². The van der Waals surface area contributed by atoms with Gasteiger partial charge in [0.15, 0.2) is 0 Å². The van der Waals surface area contributed by atoms with Gasteiger partial charge in [-0.1, -0.05) is 44.4 Å². The average Bonchev–Trinajstić information content (AvgIpc) is 2.54. The lowest BCUT2D eigenvalue weighted by Gasteiger charge is -2.31. The maximum atomic E-state index is 10.8. The monoisotopic (exact) mass is 269 g/mol. The van der Waals surface area contributed by atoms with E-state index >= 15 is 0 Å². The number of rotatable bonds is 3. The van der Waals surface area contributed by atoms with E-state index in [-0.39, 0.29) is 6.10 Å². The van der Waals surface area contributed by atoms with Crippen LogP contribution in [0.1, 0.15) is 50.7 Å². The number of hydrogen-bond donors (Lipinski definition) is 1. The van der Waals surface area contributed by atoms with E-state index in [9.17, 15) is 5.11 Å². The topological polar surface area (TPSA) is 33.1 Å². The first-order valence-electron chi connectivity index (χ1n) is 7.81. The van der Waals surface area contributed by atoms with Crippen molar-refractivity contribution in [2.75, 3.05) is 0 Å². The summed E-state index contributed by atoms with van der Waals surface area (Å²) in [5.41, 5.74) is 2.03. The minimum absolute atomic E-state index is 0.347. The number of benzene rings is 1. The standard InChI is InChI=1S/C18H23NO/c1-2-13-7-9-14(10-8-13)18(20)16-11-12-19-17-6-4-3-5-15(16)17/h3-6,11-14,18,20H,2,7-10H2,1H3.